The number of benzene rings is 1. The monoisotopic (exact) mass is 283 g/mol. The number of aromatic nitrogens is 1. The average molecular weight is 283 g/mol. The van der Waals surface area contributed by atoms with Gasteiger partial charge in [-0.3, -0.25) is 4.98 Å². The van der Waals surface area contributed by atoms with Gasteiger partial charge in [0.05, 0.1) is 5.69 Å². The normalized spacial score (nSPS) is 22.2. The number of halogens is 1. The van der Waals surface area contributed by atoms with E-state index in [1.807, 2.05) is 25.1 Å². The van der Waals surface area contributed by atoms with E-state index in [0.29, 0.717) is 17.2 Å². The van der Waals surface area contributed by atoms with Crippen molar-refractivity contribution < 1.29 is 4.39 Å². The van der Waals surface area contributed by atoms with Gasteiger partial charge in [-0.2, -0.15) is 0 Å². The number of hydrogen-bond donors (Lipinski definition) is 0. The van der Waals surface area contributed by atoms with Crippen LogP contribution in [0.3, 0.4) is 0 Å². The molecule has 2 aromatic rings. The van der Waals surface area contributed by atoms with Crippen LogP contribution in [0.5, 0.6) is 0 Å². The van der Waals surface area contributed by atoms with Crippen LogP contribution in [0.2, 0.25) is 0 Å². The van der Waals surface area contributed by atoms with Gasteiger partial charge in [0.1, 0.15) is 5.82 Å². The molecule has 1 heterocycles. The number of aryl methyl sites for hydroxylation is 1. The van der Waals surface area contributed by atoms with Crippen LogP contribution in [0.25, 0.3) is 11.3 Å². The third-order valence-corrected chi connectivity index (χ3v) is 4.67. The molecular weight excluding hydrogens is 261 g/mol. The minimum Gasteiger partial charge on any atom is -0.256 e. The lowest BCUT2D eigenvalue weighted by atomic mass is 9.79. The SMILES string of the molecule is Cc1ccc(-c2ccc([C@H]3CC[C@H](C)CC3)cc2F)nc1. The maximum Gasteiger partial charge on any atom is 0.132 e. The smallest absolute Gasteiger partial charge is 0.132 e. The van der Waals surface area contributed by atoms with Gasteiger partial charge in [-0.1, -0.05) is 31.9 Å². The maximum absolute atomic E-state index is 14.4. The standard InChI is InChI=1S/C19H22FN/c1-13-3-6-15(7-4-13)16-8-9-17(18(20)11-16)19-10-5-14(2)12-21-19/h5,8-13,15H,3-4,6-7H2,1-2H3/t13-,15-. The fraction of sp³-hybridized carbons (Fsp3) is 0.421. The minimum atomic E-state index is -0.150. The highest BCUT2D eigenvalue weighted by atomic mass is 19.1. The lowest BCUT2D eigenvalue weighted by Crippen LogP contribution is -2.11. The van der Waals surface area contributed by atoms with Gasteiger partial charge < -0.3 is 0 Å². The Morgan fingerprint density at radius 2 is 1.81 bits per heavy atom. The highest BCUT2D eigenvalue weighted by Crippen LogP contribution is 2.36. The lowest BCUT2D eigenvalue weighted by molar-refractivity contribution is 0.347. The summed E-state index contributed by atoms with van der Waals surface area (Å²) in [7, 11) is 0. The van der Waals surface area contributed by atoms with Crippen LogP contribution in [-0.2, 0) is 0 Å². The van der Waals surface area contributed by atoms with Crippen LogP contribution in [0.15, 0.2) is 36.5 Å². The third kappa shape index (κ3) is 3.15. The van der Waals surface area contributed by atoms with E-state index < -0.39 is 0 Å². The predicted octanol–water partition coefficient (Wildman–Crippen LogP) is 5.49. The molecule has 0 aliphatic heterocycles. The first-order valence-corrected chi connectivity index (χ1v) is 7.86. The zero-order valence-corrected chi connectivity index (χ0v) is 12.8. The molecule has 1 aromatic heterocycles. The van der Waals surface area contributed by atoms with E-state index in [-0.39, 0.29) is 5.82 Å². The van der Waals surface area contributed by atoms with Gasteiger partial charge in [0.15, 0.2) is 0 Å². The van der Waals surface area contributed by atoms with Gasteiger partial charge in [0.25, 0.3) is 0 Å². The zero-order valence-electron chi connectivity index (χ0n) is 12.8. The summed E-state index contributed by atoms with van der Waals surface area (Å²) in [6.45, 7) is 4.29. The zero-order chi connectivity index (χ0) is 14.8. The van der Waals surface area contributed by atoms with Crippen molar-refractivity contribution in [1.29, 1.82) is 0 Å². The van der Waals surface area contributed by atoms with E-state index in [1.54, 1.807) is 12.3 Å². The topological polar surface area (TPSA) is 12.9 Å². The molecule has 110 valence electrons. The van der Waals surface area contributed by atoms with Crippen LogP contribution in [0.1, 0.15) is 49.7 Å². The van der Waals surface area contributed by atoms with Crippen molar-refractivity contribution in [2.75, 3.05) is 0 Å². The molecule has 1 fully saturated rings. The van der Waals surface area contributed by atoms with E-state index in [1.165, 1.54) is 25.7 Å². The highest BCUT2D eigenvalue weighted by molar-refractivity contribution is 5.60. The second kappa shape index (κ2) is 5.97. The molecule has 3 rings (SSSR count). The van der Waals surface area contributed by atoms with Crippen molar-refractivity contribution >= 4 is 0 Å². The quantitative estimate of drug-likeness (QED) is 0.710. The van der Waals surface area contributed by atoms with Gasteiger partial charge in [-0.05, 0) is 60.9 Å². The first-order valence-electron chi connectivity index (χ1n) is 7.86. The molecule has 0 spiro atoms. The van der Waals surface area contributed by atoms with Gasteiger partial charge >= 0.3 is 0 Å². The van der Waals surface area contributed by atoms with Crippen LogP contribution in [0.4, 0.5) is 4.39 Å². The Kier molecular flexibility index (Phi) is 4.05. The molecule has 0 amide bonds. The van der Waals surface area contributed by atoms with Crippen LogP contribution >= 0.6 is 0 Å². The molecule has 1 nitrogen and oxygen atoms in total. The summed E-state index contributed by atoms with van der Waals surface area (Å²) < 4.78 is 14.4. The van der Waals surface area contributed by atoms with Crippen molar-refractivity contribution in [2.45, 2.75) is 45.4 Å². The largest absolute Gasteiger partial charge is 0.256 e. The number of pyridine rings is 1. The van der Waals surface area contributed by atoms with Crippen molar-refractivity contribution in [3.63, 3.8) is 0 Å². The van der Waals surface area contributed by atoms with Crippen molar-refractivity contribution in [3.8, 4) is 11.3 Å². The Morgan fingerprint density at radius 3 is 2.43 bits per heavy atom. The Balaban J connectivity index is 1.84. The van der Waals surface area contributed by atoms with Crippen molar-refractivity contribution in [3.05, 3.63) is 53.5 Å². The first kappa shape index (κ1) is 14.2. The Hall–Kier alpha value is -1.70. The van der Waals surface area contributed by atoms with E-state index >= 15 is 0 Å². The molecule has 1 aliphatic rings. The molecule has 0 bridgehead atoms. The van der Waals surface area contributed by atoms with Gasteiger partial charge in [0, 0.05) is 11.8 Å². The minimum absolute atomic E-state index is 0.150. The average Bonchev–Trinajstić information content (AvgIpc) is 2.49. The molecule has 0 unspecified atom stereocenters. The van der Waals surface area contributed by atoms with Crippen LogP contribution in [-0.4, -0.2) is 4.98 Å². The van der Waals surface area contributed by atoms with Crippen LogP contribution in [0, 0.1) is 18.7 Å². The van der Waals surface area contributed by atoms with E-state index in [2.05, 4.69) is 18.0 Å². The lowest BCUT2D eigenvalue weighted by Gasteiger charge is -2.26. The summed E-state index contributed by atoms with van der Waals surface area (Å²) >= 11 is 0. The second-order valence-corrected chi connectivity index (χ2v) is 6.42. The molecule has 0 N–H and O–H groups in total. The number of hydrogen-bond acceptors (Lipinski definition) is 1. The van der Waals surface area contributed by atoms with Crippen LogP contribution < -0.4 is 0 Å². The molecule has 21 heavy (non-hydrogen) atoms. The number of rotatable bonds is 2. The fourth-order valence-corrected chi connectivity index (χ4v) is 3.21. The summed E-state index contributed by atoms with van der Waals surface area (Å²) in [5.74, 6) is 1.19. The van der Waals surface area contributed by atoms with Crippen molar-refractivity contribution in [2.24, 2.45) is 5.92 Å². The van der Waals surface area contributed by atoms with Gasteiger partial charge in [0.2, 0.25) is 0 Å². The first-order chi connectivity index (χ1) is 10.1. The Morgan fingerprint density at radius 1 is 1.05 bits per heavy atom. The third-order valence-electron chi connectivity index (χ3n) is 4.67. The Bertz CT molecular complexity index is 610. The molecule has 0 saturated heterocycles. The molecule has 1 saturated carbocycles. The maximum atomic E-state index is 14.4. The summed E-state index contributed by atoms with van der Waals surface area (Å²) in [6.07, 6.45) is 6.66. The molecular formula is C19H22FN. The fourth-order valence-electron chi connectivity index (χ4n) is 3.21. The van der Waals surface area contributed by atoms with Gasteiger partial charge in [-0.25, -0.2) is 4.39 Å². The van der Waals surface area contributed by atoms with E-state index in [0.717, 1.165) is 17.0 Å². The summed E-state index contributed by atoms with van der Waals surface area (Å²) in [4.78, 5) is 4.32. The summed E-state index contributed by atoms with van der Waals surface area (Å²) in [5.41, 5.74) is 3.55. The molecule has 1 aromatic carbocycles. The molecule has 0 atom stereocenters. The number of nitrogens with zero attached hydrogens (tertiary/aromatic N) is 1. The molecule has 0 radical (unpaired) electrons. The second-order valence-electron chi connectivity index (χ2n) is 6.42. The molecule has 2 heteroatoms. The predicted molar refractivity (Wildman–Crippen MR) is 84.7 cm³/mol. The van der Waals surface area contributed by atoms with Gasteiger partial charge in [-0.15, -0.1) is 0 Å². The van der Waals surface area contributed by atoms with Crippen molar-refractivity contribution in [1.82, 2.24) is 4.98 Å². The van der Waals surface area contributed by atoms with E-state index in [4.69, 9.17) is 0 Å². The Labute approximate surface area is 126 Å². The molecule has 1 aliphatic carbocycles. The highest BCUT2D eigenvalue weighted by Gasteiger charge is 2.20. The summed E-state index contributed by atoms with van der Waals surface area (Å²) in [5, 5.41) is 0. The van der Waals surface area contributed by atoms with E-state index in [9.17, 15) is 4.39 Å². The summed E-state index contributed by atoms with van der Waals surface area (Å²) in [6, 6.07) is 9.55.